The lowest BCUT2D eigenvalue weighted by atomic mass is 10.0. The van der Waals surface area contributed by atoms with E-state index in [-0.39, 0.29) is 0 Å². The Bertz CT molecular complexity index is 1240. The summed E-state index contributed by atoms with van der Waals surface area (Å²) >= 11 is 0. The molecule has 7 heteroatoms. The molecule has 0 saturated carbocycles. The zero-order valence-electron chi connectivity index (χ0n) is 15.3. The molecule has 3 aromatic heterocycles. The summed E-state index contributed by atoms with van der Waals surface area (Å²) in [5.74, 6) is 6.49. The number of hydrogen-bond acceptors (Lipinski definition) is 3. The number of pyridine rings is 2. The number of benzene rings is 1. The topological polar surface area (TPSA) is 56.2 Å². The molecule has 0 fully saturated rings. The Kier molecular flexibility index (Phi) is 4.47. The van der Waals surface area contributed by atoms with Crippen LogP contribution in [0.4, 0.5) is 19.0 Å². The number of halogens is 3. The molecule has 3 heterocycles. The number of nitrogens with zero attached hydrogens (tertiary/aromatic N) is 3. The third kappa shape index (κ3) is 3.78. The standard InChI is InChI=1S/C22H15F3N4/c1-14-10-17(16-4-6-18(7-5-16)22(23,24)25)13-29-19(12-28-21(14)29)8-2-15-3-9-20(26)27-11-15/h3-7,9-13H,1H3,(H2,26,27). The molecule has 4 nitrogen and oxygen atoms in total. The highest BCUT2D eigenvalue weighted by atomic mass is 19.4. The van der Waals surface area contributed by atoms with Crippen molar-refractivity contribution < 1.29 is 13.2 Å². The van der Waals surface area contributed by atoms with Gasteiger partial charge in [0.1, 0.15) is 17.2 Å². The van der Waals surface area contributed by atoms with Crippen LogP contribution in [-0.2, 0) is 6.18 Å². The first-order valence-electron chi connectivity index (χ1n) is 8.70. The van der Waals surface area contributed by atoms with E-state index in [1.54, 1.807) is 24.5 Å². The van der Waals surface area contributed by atoms with Crippen molar-refractivity contribution in [1.29, 1.82) is 0 Å². The number of hydrogen-bond donors (Lipinski definition) is 1. The van der Waals surface area contributed by atoms with Crippen LogP contribution in [0.3, 0.4) is 0 Å². The summed E-state index contributed by atoms with van der Waals surface area (Å²) in [6, 6.07) is 10.4. The third-order valence-corrected chi connectivity index (χ3v) is 4.46. The molecule has 0 bridgehead atoms. The van der Waals surface area contributed by atoms with Crippen LogP contribution >= 0.6 is 0 Å². The number of imidazole rings is 1. The molecule has 0 aliphatic carbocycles. The number of aryl methyl sites for hydroxylation is 1. The Labute approximate surface area is 164 Å². The van der Waals surface area contributed by atoms with Crippen LogP contribution in [-0.4, -0.2) is 14.4 Å². The molecule has 0 aliphatic heterocycles. The third-order valence-electron chi connectivity index (χ3n) is 4.46. The van der Waals surface area contributed by atoms with E-state index in [1.807, 2.05) is 23.6 Å². The van der Waals surface area contributed by atoms with Crippen molar-refractivity contribution in [3.8, 4) is 23.0 Å². The van der Waals surface area contributed by atoms with Crippen molar-refractivity contribution in [2.75, 3.05) is 5.73 Å². The SMILES string of the molecule is Cc1cc(-c2ccc(C(F)(F)F)cc2)cn2c(C#Cc3ccc(N)nc3)cnc12. The fraction of sp³-hybridized carbons (Fsp3) is 0.0909. The first-order chi connectivity index (χ1) is 13.8. The highest BCUT2D eigenvalue weighted by Crippen LogP contribution is 2.31. The average molecular weight is 392 g/mol. The van der Waals surface area contributed by atoms with Gasteiger partial charge in [0.2, 0.25) is 0 Å². The van der Waals surface area contributed by atoms with Gasteiger partial charge < -0.3 is 5.73 Å². The van der Waals surface area contributed by atoms with Crippen molar-refractivity contribution in [2.24, 2.45) is 0 Å². The van der Waals surface area contributed by atoms with Crippen molar-refractivity contribution in [3.63, 3.8) is 0 Å². The summed E-state index contributed by atoms with van der Waals surface area (Å²) in [6.07, 6.45) is 0.715. The van der Waals surface area contributed by atoms with Crippen LogP contribution in [0.15, 0.2) is 61.1 Å². The quantitative estimate of drug-likeness (QED) is 0.478. The van der Waals surface area contributed by atoms with Crippen LogP contribution in [0.5, 0.6) is 0 Å². The summed E-state index contributed by atoms with van der Waals surface area (Å²) < 4.78 is 40.3. The minimum atomic E-state index is -4.36. The van der Waals surface area contributed by atoms with Crippen molar-refractivity contribution in [3.05, 3.63) is 83.4 Å². The largest absolute Gasteiger partial charge is 0.416 e. The highest BCUT2D eigenvalue weighted by Gasteiger charge is 2.30. The molecule has 0 spiro atoms. The number of nitrogen functional groups attached to an aromatic ring is 1. The Hall–Kier alpha value is -3.79. The summed E-state index contributed by atoms with van der Waals surface area (Å²) in [6.45, 7) is 1.90. The minimum absolute atomic E-state index is 0.419. The fourth-order valence-corrected chi connectivity index (χ4v) is 2.97. The van der Waals surface area contributed by atoms with Crippen LogP contribution in [0.1, 0.15) is 22.4 Å². The molecular weight excluding hydrogens is 377 g/mol. The van der Waals surface area contributed by atoms with Crippen LogP contribution in [0, 0.1) is 18.8 Å². The summed E-state index contributed by atoms with van der Waals surface area (Å²) in [5, 5.41) is 0. The summed E-state index contributed by atoms with van der Waals surface area (Å²) in [4.78, 5) is 8.41. The zero-order valence-corrected chi connectivity index (χ0v) is 15.3. The molecule has 0 unspecified atom stereocenters. The van der Waals surface area contributed by atoms with Gasteiger partial charge in [-0.15, -0.1) is 0 Å². The molecule has 4 rings (SSSR count). The second kappa shape index (κ2) is 6.99. The monoisotopic (exact) mass is 392 g/mol. The fourth-order valence-electron chi connectivity index (χ4n) is 2.97. The van der Waals surface area contributed by atoms with E-state index in [0.29, 0.717) is 22.6 Å². The molecular formula is C22H15F3N4. The van der Waals surface area contributed by atoms with Gasteiger partial charge in [0.15, 0.2) is 0 Å². The minimum Gasteiger partial charge on any atom is -0.384 e. The summed E-state index contributed by atoms with van der Waals surface area (Å²) in [7, 11) is 0. The van der Waals surface area contributed by atoms with Crippen LogP contribution in [0.2, 0.25) is 0 Å². The van der Waals surface area contributed by atoms with Gasteiger partial charge in [0.25, 0.3) is 0 Å². The molecule has 144 valence electrons. The maximum atomic E-state index is 12.8. The lowest BCUT2D eigenvalue weighted by molar-refractivity contribution is -0.137. The molecule has 0 atom stereocenters. The predicted octanol–water partition coefficient (Wildman–Crippen LogP) is 4.71. The van der Waals surface area contributed by atoms with E-state index < -0.39 is 11.7 Å². The van der Waals surface area contributed by atoms with Crippen molar-refractivity contribution >= 4 is 11.5 Å². The van der Waals surface area contributed by atoms with E-state index >= 15 is 0 Å². The van der Waals surface area contributed by atoms with E-state index in [0.717, 1.165) is 28.9 Å². The van der Waals surface area contributed by atoms with Crippen LogP contribution < -0.4 is 5.73 Å². The van der Waals surface area contributed by atoms with E-state index in [2.05, 4.69) is 21.8 Å². The molecule has 0 aliphatic rings. The zero-order chi connectivity index (χ0) is 20.6. The molecule has 0 saturated heterocycles. The molecule has 29 heavy (non-hydrogen) atoms. The maximum Gasteiger partial charge on any atom is 0.416 e. The first-order valence-corrected chi connectivity index (χ1v) is 8.70. The smallest absolute Gasteiger partial charge is 0.384 e. The van der Waals surface area contributed by atoms with Crippen molar-refractivity contribution in [1.82, 2.24) is 14.4 Å². The second-order valence-corrected chi connectivity index (χ2v) is 6.55. The van der Waals surface area contributed by atoms with Gasteiger partial charge in [0, 0.05) is 18.0 Å². The van der Waals surface area contributed by atoms with E-state index in [1.165, 1.54) is 12.1 Å². The Morgan fingerprint density at radius 1 is 0.931 bits per heavy atom. The maximum absolute atomic E-state index is 12.8. The highest BCUT2D eigenvalue weighted by molar-refractivity contribution is 5.68. The number of rotatable bonds is 1. The molecule has 0 radical (unpaired) electrons. The number of alkyl halides is 3. The summed E-state index contributed by atoms with van der Waals surface area (Å²) in [5.41, 5.74) is 9.36. The number of fused-ring (bicyclic) bond motifs is 1. The van der Waals surface area contributed by atoms with Gasteiger partial charge in [-0.25, -0.2) is 9.97 Å². The normalized spacial score (nSPS) is 11.3. The Morgan fingerprint density at radius 3 is 2.34 bits per heavy atom. The number of aromatic nitrogens is 3. The van der Waals surface area contributed by atoms with Gasteiger partial charge in [-0.2, -0.15) is 13.2 Å². The molecule has 4 aromatic rings. The van der Waals surface area contributed by atoms with Crippen LogP contribution in [0.25, 0.3) is 16.8 Å². The molecule has 1 aromatic carbocycles. The second-order valence-electron chi connectivity index (χ2n) is 6.55. The predicted molar refractivity (Wildman–Crippen MR) is 105 cm³/mol. The molecule has 0 amide bonds. The van der Waals surface area contributed by atoms with E-state index in [9.17, 15) is 13.2 Å². The van der Waals surface area contributed by atoms with E-state index in [4.69, 9.17) is 5.73 Å². The van der Waals surface area contributed by atoms with Gasteiger partial charge >= 0.3 is 6.18 Å². The lowest BCUT2D eigenvalue weighted by Crippen LogP contribution is -2.04. The van der Waals surface area contributed by atoms with Gasteiger partial charge in [-0.3, -0.25) is 4.40 Å². The molecule has 2 N–H and O–H groups in total. The number of nitrogens with two attached hydrogens (primary N) is 1. The van der Waals surface area contributed by atoms with Gasteiger partial charge in [0.05, 0.1) is 11.8 Å². The Balaban J connectivity index is 1.75. The van der Waals surface area contributed by atoms with Gasteiger partial charge in [-0.05, 0) is 59.9 Å². The number of anilines is 1. The lowest BCUT2D eigenvalue weighted by Gasteiger charge is -2.09. The van der Waals surface area contributed by atoms with Gasteiger partial charge in [-0.1, -0.05) is 18.1 Å². The van der Waals surface area contributed by atoms with Crippen molar-refractivity contribution in [2.45, 2.75) is 13.1 Å². The Morgan fingerprint density at radius 2 is 1.69 bits per heavy atom. The average Bonchev–Trinajstić information content (AvgIpc) is 3.10. The first kappa shape index (κ1) is 18.6.